The van der Waals surface area contributed by atoms with E-state index >= 15 is 0 Å². The van der Waals surface area contributed by atoms with Crippen LogP contribution in [0.2, 0.25) is 5.02 Å². The Morgan fingerprint density at radius 1 is 0.968 bits per heavy atom. The zero-order chi connectivity index (χ0) is 21.1. The van der Waals surface area contributed by atoms with Crippen molar-refractivity contribution in [1.29, 1.82) is 0 Å². The Labute approximate surface area is 193 Å². The fraction of sp³-hybridized carbons (Fsp3) is 0.348. The molecular weight excluding hydrogens is 437 g/mol. The molecule has 1 fully saturated rings. The molecule has 1 saturated heterocycles. The van der Waals surface area contributed by atoms with Crippen molar-refractivity contribution in [2.75, 3.05) is 26.2 Å². The van der Waals surface area contributed by atoms with Crippen molar-refractivity contribution in [3.8, 4) is 0 Å². The van der Waals surface area contributed by atoms with Gasteiger partial charge in [-0.3, -0.25) is 19.3 Å². The van der Waals surface area contributed by atoms with Gasteiger partial charge in [-0.15, -0.1) is 12.4 Å². The third-order valence-electron chi connectivity index (χ3n) is 5.62. The molecule has 2 aliphatic heterocycles. The van der Waals surface area contributed by atoms with Crippen LogP contribution in [0.25, 0.3) is 0 Å². The standard InChI is InChI=1S/C23H24ClN3O3.ClH/c24-18-7-4-16(5-8-18)15-27-22(29)19-9-6-17(14-20(19)23(27)30)21(28)25-10-3-13-26-11-1-2-12-26;/h4-9,14H,1-3,10-13,15H2,(H,25,28);1H. The summed E-state index contributed by atoms with van der Waals surface area (Å²) in [6.07, 6.45) is 3.40. The van der Waals surface area contributed by atoms with Crippen molar-refractivity contribution in [3.05, 3.63) is 69.7 Å². The normalized spacial score (nSPS) is 15.7. The van der Waals surface area contributed by atoms with Gasteiger partial charge < -0.3 is 10.2 Å². The summed E-state index contributed by atoms with van der Waals surface area (Å²) >= 11 is 5.90. The van der Waals surface area contributed by atoms with E-state index in [0.29, 0.717) is 22.7 Å². The minimum Gasteiger partial charge on any atom is -0.352 e. The minimum absolute atomic E-state index is 0. The van der Waals surface area contributed by atoms with E-state index in [1.54, 1.807) is 36.4 Å². The molecular formula is C23H25Cl2N3O3. The van der Waals surface area contributed by atoms with Gasteiger partial charge in [-0.1, -0.05) is 23.7 Å². The molecule has 0 atom stereocenters. The molecule has 2 aromatic rings. The van der Waals surface area contributed by atoms with Gasteiger partial charge in [0, 0.05) is 17.1 Å². The Hall–Kier alpha value is -2.41. The Morgan fingerprint density at radius 3 is 2.35 bits per heavy atom. The number of carbonyl (C=O) groups is 3. The number of likely N-dealkylation sites (tertiary alicyclic amines) is 1. The molecule has 1 N–H and O–H groups in total. The lowest BCUT2D eigenvalue weighted by Gasteiger charge is -2.14. The summed E-state index contributed by atoms with van der Waals surface area (Å²) in [6, 6.07) is 11.7. The fourth-order valence-corrected chi connectivity index (χ4v) is 4.09. The van der Waals surface area contributed by atoms with E-state index < -0.39 is 0 Å². The summed E-state index contributed by atoms with van der Waals surface area (Å²) in [5, 5.41) is 3.50. The van der Waals surface area contributed by atoms with Gasteiger partial charge in [0.2, 0.25) is 0 Å². The van der Waals surface area contributed by atoms with Crippen LogP contribution in [0, 0.1) is 0 Å². The number of hydrogen-bond donors (Lipinski definition) is 1. The van der Waals surface area contributed by atoms with Crippen molar-refractivity contribution >= 4 is 41.7 Å². The predicted octanol–water partition coefficient (Wildman–Crippen LogP) is 3.77. The van der Waals surface area contributed by atoms with Crippen LogP contribution < -0.4 is 5.32 Å². The largest absolute Gasteiger partial charge is 0.352 e. The zero-order valence-electron chi connectivity index (χ0n) is 17.1. The van der Waals surface area contributed by atoms with Crippen molar-refractivity contribution in [2.45, 2.75) is 25.8 Å². The Kier molecular flexibility index (Phi) is 7.70. The third-order valence-corrected chi connectivity index (χ3v) is 5.87. The number of carbonyl (C=O) groups excluding carboxylic acids is 3. The molecule has 6 nitrogen and oxygen atoms in total. The molecule has 0 unspecified atom stereocenters. The van der Waals surface area contributed by atoms with Gasteiger partial charge in [-0.05, 0) is 74.8 Å². The Bertz CT molecular complexity index is 973. The SMILES string of the molecule is Cl.O=C(NCCCN1CCCC1)c1ccc2c(c1)C(=O)N(Cc1ccc(Cl)cc1)C2=O. The second-order valence-electron chi connectivity index (χ2n) is 7.74. The van der Waals surface area contributed by atoms with Gasteiger partial charge in [-0.25, -0.2) is 0 Å². The molecule has 2 aromatic carbocycles. The van der Waals surface area contributed by atoms with Crippen molar-refractivity contribution in [2.24, 2.45) is 0 Å². The first kappa shape index (κ1) is 23.3. The molecule has 3 amide bonds. The lowest BCUT2D eigenvalue weighted by atomic mass is 10.1. The Balaban J connectivity index is 0.00000272. The van der Waals surface area contributed by atoms with E-state index in [2.05, 4.69) is 10.2 Å². The van der Waals surface area contributed by atoms with Crippen LogP contribution in [-0.2, 0) is 6.54 Å². The average molecular weight is 462 g/mol. The van der Waals surface area contributed by atoms with Gasteiger partial charge in [0.15, 0.2) is 0 Å². The summed E-state index contributed by atoms with van der Waals surface area (Å²) < 4.78 is 0. The number of amides is 3. The molecule has 2 aliphatic rings. The van der Waals surface area contributed by atoms with Crippen LogP contribution in [0.4, 0.5) is 0 Å². The monoisotopic (exact) mass is 461 g/mol. The van der Waals surface area contributed by atoms with Gasteiger partial charge >= 0.3 is 0 Å². The number of imide groups is 1. The highest BCUT2D eigenvalue weighted by Crippen LogP contribution is 2.26. The second kappa shape index (κ2) is 10.3. The Morgan fingerprint density at radius 2 is 1.65 bits per heavy atom. The summed E-state index contributed by atoms with van der Waals surface area (Å²) in [7, 11) is 0. The van der Waals surface area contributed by atoms with Crippen LogP contribution in [-0.4, -0.2) is 53.7 Å². The lowest BCUT2D eigenvalue weighted by molar-refractivity contribution is 0.0642. The maximum atomic E-state index is 12.8. The molecule has 8 heteroatoms. The number of fused-ring (bicyclic) bond motifs is 1. The molecule has 0 aliphatic carbocycles. The van der Waals surface area contributed by atoms with Gasteiger partial charge in [0.05, 0.1) is 17.7 Å². The van der Waals surface area contributed by atoms with Crippen molar-refractivity contribution in [3.63, 3.8) is 0 Å². The van der Waals surface area contributed by atoms with Crippen LogP contribution in [0.1, 0.15) is 55.9 Å². The number of benzene rings is 2. The van der Waals surface area contributed by atoms with Crippen LogP contribution >= 0.6 is 24.0 Å². The van der Waals surface area contributed by atoms with Crippen LogP contribution in [0.3, 0.4) is 0 Å². The first-order chi connectivity index (χ1) is 14.5. The molecule has 0 radical (unpaired) electrons. The van der Waals surface area contributed by atoms with E-state index in [9.17, 15) is 14.4 Å². The number of rotatable bonds is 7. The molecule has 31 heavy (non-hydrogen) atoms. The number of hydrogen-bond acceptors (Lipinski definition) is 4. The zero-order valence-corrected chi connectivity index (χ0v) is 18.7. The molecule has 164 valence electrons. The highest BCUT2D eigenvalue weighted by Gasteiger charge is 2.36. The summed E-state index contributed by atoms with van der Waals surface area (Å²) in [5.41, 5.74) is 1.81. The van der Waals surface area contributed by atoms with Crippen molar-refractivity contribution < 1.29 is 14.4 Å². The van der Waals surface area contributed by atoms with E-state index in [0.717, 1.165) is 31.6 Å². The van der Waals surface area contributed by atoms with Gasteiger partial charge in [0.1, 0.15) is 0 Å². The molecule has 0 bridgehead atoms. The summed E-state index contributed by atoms with van der Waals surface area (Å²) in [6.45, 7) is 4.02. The van der Waals surface area contributed by atoms with Crippen LogP contribution in [0.5, 0.6) is 0 Å². The fourth-order valence-electron chi connectivity index (χ4n) is 3.96. The van der Waals surface area contributed by atoms with E-state index in [-0.39, 0.29) is 42.2 Å². The minimum atomic E-state index is -0.381. The predicted molar refractivity (Wildman–Crippen MR) is 122 cm³/mol. The molecule has 4 rings (SSSR count). The maximum absolute atomic E-state index is 12.8. The summed E-state index contributed by atoms with van der Waals surface area (Å²) in [4.78, 5) is 41.6. The second-order valence-corrected chi connectivity index (χ2v) is 8.18. The summed E-state index contributed by atoms with van der Waals surface area (Å²) in [5.74, 6) is -0.952. The maximum Gasteiger partial charge on any atom is 0.261 e. The first-order valence-electron chi connectivity index (χ1n) is 10.3. The lowest BCUT2D eigenvalue weighted by Crippen LogP contribution is -2.29. The van der Waals surface area contributed by atoms with E-state index in [1.807, 2.05) is 0 Å². The highest BCUT2D eigenvalue weighted by molar-refractivity contribution is 6.30. The topological polar surface area (TPSA) is 69.7 Å². The number of nitrogens with one attached hydrogen (secondary N) is 1. The smallest absolute Gasteiger partial charge is 0.261 e. The first-order valence-corrected chi connectivity index (χ1v) is 10.7. The number of nitrogens with zero attached hydrogens (tertiary/aromatic N) is 2. The molecule has 0 aromatic heterocycles. The van der Waals surface area contributed by atoms with E-state index in [1.165, 1.54) is 23.8 Å². The molecule has 2 heterocycles. The molecule has 0 spiro atoms. The van der Waals surface area contributed by atoms with E-state index in [4.69, 9.17) is 11.6 Å². The highest BCUT2D eigenvalue weighted by atomic mass is 35.5. The quantitative estimate of drug-likeness (QED) is 0.503. The average Bonchev–Trinajstić information content (AvgIpc) is 3.35. The van der Waals surface area contributed by atoms with Crippen molar-refractivity contribution in [1.82, 2.24) is 15.1 Å². The van der Waals surface area contributed by atoms with Gasteiger partial charge in [-0.2, -0.15) is 0 Å². The number of halogens is 2. The molecule has 0 saturated carbocycles. The van der Waals surface area contributed by atoms with Gasteiger partial charge in [0.25, 0.3) is 17.7 Å². The van der Waals surface area contributed by atoms with Crippen LogP contribution in [0.15, 0.2) is 42.5 Å². The third kappa shape index (κ3) is 5.26.